The number of rotatable bonds is 5. The van der Waals surface area contributed by atoms with E-state index in [0.717, 1.165) is 24.9 Å². The van der Waals surface area contributed by atoms with E-state index in [2.05, 4.69) is 6.92 Å². The standard InChI is InChI=1S/C15H19FN2OS/c1-2-3-10-6-14(19)18(8-10)9-11-4-12(15(17)20)7-13(16)5-11/h4-5,7,10H,2-3,6,8-9H2,1H3,(H2,17,20). The van der Waals surface area contributed by atoms with Crippen molar-refractivity contribution in [2.75, 3.05) is 6.54 Å². The van der Waals surface area contributed by atoms with Gasteiger partial charge in [-0.15, -0.1) is 0 Å². The van der Waals surface area contributed by atoms with Gasteiger partial charge in [0.05, 0.1) is 0 Å². The van der Waals surface area contributed by atoms with Crippen LogP contribution in [-0.2, 0) is 11.3 Å². The van der Waals surface area contributed by atoms with Crippen LogP contribution in [0.3, 0.4) is 0 Å². The number of benzene rings is 1. The predicted molar refractivity (Wildman–Crippen MR) is 80.7 cm³/mol. The quantitative estimate of drug-likeness (QED) is 0.849. The minimum absolute atomic E-state index is 0.143. The van der Waals surface area contributed by atoms with Crippen molar-refractivity contribution in [1.82, 2.24) is 4.90 Å². The Morgan fingerprint density at radius 1 is 1.50 bits per heavy atom. The maximum Gasteiger partial charge on any atom is 0.223 e. The first-order valence-corrected chi connectivity index (χ1v) is 7.27. The van der Waals surface area contributed by atoms with Gasteiger partial charge >= 0.3 is 0 Å². The van der Waals surface area contributed by atoms with Gasteiger partial charge < -0.3 is 10.6 Å². The lowest BCUT2D eigenvalue weighted by atomic mass is 10.0. The molecule has 0 spiro atoms. The third-order valence-corrected chi connectivity index (χ3v) is 3.84. The molecule has 0 saturated carbocycles. The molecule has 3 nitrogen and oxygen atoms in total. The summed E-state index contributed by atoms with van der Waals surface area (Å²) in [4.78, 5) is 13.9. The average Bonchev–Trinajstić information content (AvgIpc) is 2.69. The fraction of sp³-hybridized carbons (Fsp3) is 0.467. The summed E-state index contributed by atoms with van der Waals surface area (Å²) in [6.45, 7) is 3.30. The van der Waals surface area contributed by atoms with E-state index in [0.29, 0.717) is 24.4 Å². The molecular weight excluding hydrogens is 275 g/mol. The molecule has 2 rings (SSSR count). The summed E-state index contributed by atoms with van der Waals surface area (Å²) in [5.74, 6) is 0.197. The maximum absolute atomic E-state index is 13.5. The molecule has 2 N–H and O–H groups in total. The van der Waals surface area contributed by atoms with E-state index in [9.17, 15) is 9.18 Å². The third-order valence-electron chi connectivity index (χ3n) is 3.61. The highest BCUT2D eigenvalue weighted by Crippen LogP contribution is 2.24. The van der Waals surface area contributed by atoms with Gasteiger partial charge in [0, 0.05) is 25.1 Å². The molecule has 1 heterocycles. The molecule has 108 valence electrons. The van der Waals surface area contributed by atoms with Crippen molar-refractivity contribution in [3.8, 4) is 0 Å². The van der Waals surface area contributed by atoms with E-state index in [-0.39, 0.29) is 16.7 Å². The Labute approximate surface area is 123 Å². The van der Waals surface area contributed by atoms with Gasteiger partial charge in [0.15, 0.2) is 0 Å². The van der Waals surface area contributed by atoms with Crippen molar-refractivity contribution >= 4 is 23.1 Å². The molecule has 1 fully saturated rings. The highest BCUT2D eigenvalue weighted by molar-refractivity contribution is 7.80. The molecule has 1 unspecified atom stereocenters. The zero-order valence-electron chi connectivity index (χ0n) is 11.6. The molecule has 20 heavy (non-hydrogen) atoms. The number of nitrogens with zero attached hydrogens (tertiary/aromatic N) is 1. The molecule has 1 amide bonds. The molecule has 5 heteroatoms. The van der Waals surface area contributed by atoms with Crippen LogP contribution < -0.4 is 5.73 Å². The normalized spacial score (nSPS) is 18.6. The van der Waals surface area contributed by atoms with Crippen LogP contribution in [0.25, 0.3) is 0 Å². The summed E-state index contributed by atoms with van der Waals surface area (Å²) in [6.07, 6.45) is 2.74. The van der Waals surface area contributed by atoms with E-state index >= 15 is 0 Å². The van der Waals surface area contributed by atoms with Crippen molar-refractivity contribution in [3.05, 3.63) is 35.1 Å². The van der Waals surface area contributed by atoms with Crippen molar-refractivity contribution in [2.45, 2.75) is 32.7 Å². The zero-order valence-corrected chi connectivity index (χ0v) is 12.4. The smallest absolute Gasteiger partial charge is 0.223 e. The van der Waals surface area contributed by atoms with Gasteiger partial charge in [-0.05, 0) is 36.1 Å². The molecule has 0 aromatic heterocycles. The number of nitrogens with two attached hydrogens (primary N) is 1. The Morgan fingerprint density at radius 3 is 2.90 bits per heavy atom. The van der Waals surface area contributed by atoms with Gasteiger partial charge in [-0.2, -0.15) is 0 Å². The lowest BCUT2D eigenvalue weighted by Gasteiger charge is -2.17. The van der Waals surface area contributed by atoms with Gasteiger partial charge in [-0.1, -0.05) is 25.6 Å². The molecule has 1 aromatic rings. The summed E-state index contributed by atoms with van der Waals surface area (Å²) in [5, 5.41) is 0. The van der Waals surface area contributed by atoms with Crippen LogP contribution in [0.4, 0.5) is 4.39 Å². The van der Waals surface area contributed by atoms with Crippen molar-refractivity contribution in [2.24, 2.45) is 11.7 Å². The predicted octanol–water partition coefficient (Wildman–Crippen LogP) is 2.61. The van der Waals surface area contributed by atoms with Gasteiger partial charge in [0.25, 0.3) is 0 Å². The number of likely N-dealkylation sites (tertiary alicyclic amines) is 1. The van der Waals surface area contributed by atoms with Crippen LogP contribution in [0.15, 0.2) is 18.2 Å². The van der Waals surface area contributed by atoms with Crippen molar-refractivity contribution in [1.29, 1.82) is 0 Å². The molecular formula is C15H19FN2OS. The summed E-state index contributed by atoms with van der Waals surface area (Å²) in [5.41, 5.74) is 6.77. The number of thiocarbonyl (C=S) groups is 1. The number of hydrogen-bond donors (Lipinski definition) is 1. The van der Waals surface area contributed by atoms with E-state index in [4.69, 9.17) is 18.0 Å². The molecule has 1 saturated heterocycles. The molecule has 1 aliphatic rings. The van der Waals surface area contributed by atoms with E-state index in [1.807, 2.05) is 0 Å². The van der Waals surface area contributed by atoms with Crippen molar-refractivity contribution in [3.63, 3.8) is 0 Å². The summed E-state index contributed by atoms with van der Waals surface area (Å²) < 4.78 is 13.5. The molecule has 1 atom stereocenters. The fourth-order valence-corrected chi connectivity index (χ4v) is 2.83. The Morgan fingerprint density at radius 2 is 2.25 bits per heavy atom. The van der Waals surface area contributed by atoms with Crippen LogP contribution in [-0.4, -0.2) is 22.3 Å². The molecule has 1 aliphatic heterocycles. The van der Waals surface area contributed by atoms with Crippen LogP contribution in [0.1, 0.15) is 37.3 Å². The fourth-order valence-electron chi connectivity index (χ4n) is 2.71. The Bertz CT molecular complexity index is 533. The van der Waals surface area contributed by atoms with Crippen LogP contribution in [0.2, 0.25) is 0 Å². The lowest BCUT2D eigenvalue weighted by molar-refractivity contribution is -0.128. The molecule has 0 radical (unpaired) electrons. The molecule has 1 aromatic carbocycles. The first-order valence-electron chi connectivity index (χ1n) is 6.86. The Balaban J connectivity index is 2.10. The highest BCUT2D eigenvalue weighted by atomic mass is 32.1. The molecule has 0 bridgehead atoms. The SMILES string of the molecule is CCCC1CC(=O)N(Cc2cc(F)cc(C(N)=S)c2)C1. The minimum atomic E-state index is -0.373. The van der Waals surface area contributed by atoms with Gasteiger partial charge in [0.2, 0.25) is 5.91 Å². The number of hydrogen-bond acceptors (Lipinski definition) is 2. The zero-order chi connectivity index (χ0) is 14.7. The van der Waals surface area contributed by atoms with Crippen LogP contribution in [0, 0.1) is 11.7 Å². The van der Waals surface area contributed by atoms with Crippen LogP contribution in [0.5, 0.6) is 0 Å². The number of halogens is 1. The Hall–Kier alpha value is -1.49. The summed E-state index contributed by atoms with van der Waals surface area (Å²) in [6, 6.07) is 4.51. The second kappa shape index (κ2) is 6.31. The van der Waals surface area contributed by atoms with Crippen molar-refractivity contribution < 1.29 is 9.18 Å². The number of amides is 1. The second-order valence-corrected chi connectivity index (χ2v) is 5.79. The summed E-state index contributed by atoms with van der Waals surface area (Å²) >= 11 is 4.87. The van der Waals surface area contributed by atoms with E-state index < -0.39 is 0 Å². The summed E-state index contributed by atoms with van der Waals surface area (Å²) in [7, 11) is 0. The largest absolute Gasteiger partial charge is 0.389 e. The highest BCUT2D eigenvalue weighted by Gasteiger charge is 2.28. The first-order chi connectivity index (χ1) is 9.49. The van der Waals surface area contributed by atoms with Crippen LogP contribution >= 0.6 is 12.2 Å². The first kappa shape index (κ1) is 14.9. The maximum atomic E-state index is 13.5. The monoisotopic (exact) mass is 294 g/mol. The topological polar surface area (TPSA) is 46.3 Å². The number of carbonyl (C=O) groups is 1. The Kier molecular flexibility index (Phi) is 4.70. The second-order valence-electron chi connectivity index (χ2n) is 5.35. The van der Waals surface area contributed by atoms with E-state index in [1.165, 1.54) is 12.1 Å². The van der Waals surface area contributed by atoms with Gasteiger partial charge in [0.1, 0.15) is 10.8 Å². The average molecular weight is 294 g/mol. The number of carbonyl (C=O) groups excluding carboxylic acids is 1. The lowest BCUT2D eigenvalue weighted by Crippen LogP contribution is -2.25. The minimum Gasteiger partial charge on any atom is -0.389 e. The molecule has 0 aliphatic carbocycles. The van der Waals surface area contributed by atoms with Gasteiger partial charge in [-0.3, -0.25) is 4.79 Å². The third kappa shape index (κ3) is 3.54. The van der Waals surface area contributed by atoms with E-state index in [1.54, 1.807) is 11.0 Å². The van der Waals surface area contributed by atoms with Gasteiger partial charge in [-0.25, -0.2) is 4.39 Å².